The molecule has 2 aromatic heterocycles. The van der Waals surface area contributed by atoms with E-state index in [-0.39, 0.29) is 39.5 Å². The van der Waals surface area contributed by atoms with Crippen LogP contribution in [-0.2, 0) is 15.0 Å². The second-order valence-corrected chi connectivity index (χ2v) is 9.24. The van der Waals surface area contributed by atoms with Crippen LogP contribution in [0.4, 0.5) is 0 Å². The van der Waals surface area contributed by atoms with E-state index in [1.165, 1.54) is 26.8 Å². The minimum absolute atomic E-state index is 0.0108. The third kappa shape index (κ3) is 3.00. The number of allylic oxidation sites excluding steroid dienone is 4. The molecule has 2 atom stereocenters. The number of hydrogen-bond donors (Lipinski definition) is 3. The zero-order valence-corrected chi connectivity index (χ0v) is 20.3. The highest BCUT2D eigenvalue weighted by Crippen LogP contribution is 2.57. The predicted molar refractivity (Wildman–Crippen MR) is 128 cm³/mol. The average Bonchev–Trinajstić information content (AvgIpc) is 3.37. The number of phenols is 2. The van der Waals surface area contributed by atoms with Crippen LogP contribution in [-0.4, -0.2) is 42.2 Å². The molecule has 0 fully saturated rings. The molecular formula is C26H24N4O6. The fourth-order valence-electron chi connectivity index (χ4n) is 4.98. The quantitative estimate of drug-likeness (QED) is 0.287. The van der Waals surface area contributed by atoms with Gasteiger partial charge in [0.25, 0.3) is 0 Å². The number of ether oxygens (including phenoxy) is 1. The first-order chi connectivity index (χ1) is 17.0. The molecule has 10 nitrogen and oxygen atoms in total. The molecule has 0 saturated carbocycles. The molecule has 0 radical (unpaired) electrons. The second-order valence-electron chi connectivity index (χ2n) is 9.24. The minimum atomic E-state index is -1.57. The Bertz CT molecular complexity index is 1580. The molecule has 184 valence electrons. The summed E-state index contributed by atoms with van der Waals surface area (Å²) >= 11 is 0. The van der Waals surface area contributed by atoms with E-state index in [0.717, 1.165) is 0 Å². The number of Topliss-reactive ketones (excluding diaryl/α,β-unsaturated/α-hetero) is 2. The van der Waals surface area contributed by atoms with E-state index in [1.807, 2.05) is 31.3 Å². The van der Waals surface area contributed by atoms with Crippen molar-refractivity contribution in [3.8, 4) is 17.2 Å². The van der Waals surface area contributed by atoms with Gasteiger partial charge in [-0.3, -0.25) is 18.8 Å². The van der Waals surface area contributed by atoms with Crippen molar-refractivity contribution in [2.24, 2.45) is 0 Å². The summed E-state index contributed by atoms with van der Waals surface area (Å²) in [4.78, 5) is 39.4. The number of aromatic nitrogens is 3. The molecule has 1 aliphatic heterocycles. The van der Waals surface area contributed by atoms with Gasteiger partial charge in [-0.2, -0.15) is 0 Å². The van der Waals surface area contributed by atoms with Crippen LogP contribution in [0.25, 0.3) is 5.65 Å². The van der Waals surface area contributed by atoms with Gasteiger partial charge in [-0.15, -0.1) is 10.2 Å². The monoisotopic (exact) mass is 488 g/mol. The first-order valence-corrected chi connectivity index (χ1v) is 11.3. The first kappa shape index (κ1) is 23.3. The lowest BCUT2D eigenvalue weighted by atomic mass is 9.70. The average molecular weight is 489 g/mol. The van der Waals surface area contributed by atoms with E-state index < -0.39 is 34.6 Å². The number of benzene rings is 1. The number of pyridine rings is 1. The van der Waals surface area contributed by atoms with Crippen molar-refractivity contribution in [2.45, 2.75) is 46.1 Å². The zero-order valence-electron chi connectivity index (χ0n) is 20.3. The number of hydrogen-bond acceptors (Lipinski definition) is 9. The number of phenolic OH excluding ortho intramolecular Hbond substituents is 2. The van der Waals surface area contributed by atoms with E-state index in [1.54, 1.807) is 11.3 Å². The molecule has 3 heterocycles. The van der Waals surface area contributed by atoms with Crippen LogP contribution in [0.2, 0.25) is 0 Å². The lowest BCUT2D eigenvalue weighted by Crippen LogP contribution is -2.41. The van der Waals surface area contributed by atoms with E-state index in [9.17, 15) is 24.6 Å². The van der Waals surface area contributed by atoms with Crippen molar-refractivity contribution in [1.82, 2.24) is 19.9 Å². The Morgan fingerprint density at radius 1 is 1.17 bits per heavy atom. The molecule has 5 rings (SSSR count). The normalized spacial score (nSPS) is 21.0. The minimum Gasteiger partial charge on any atom is -0.507 e. The first-order valence-electron chi connectivity index (χ1n) is 11.3. The lowest BCUT2D eigenvalue weighted by Gasteiger charge is -2.29. The summed E-state index contributed by atoms with van der Waals surface area (Å²) in [5.74, 6) is -2.01. The largest absolute Gasteiger partial charge is 0.507 e. The fourth-order valence-corrected chi connectivity index (χ4v) is 4.98. The molecule has 0 amide bonds. The van der Waals surface area contributed by atoms with Crippen molar-refractivity contribution >= 4 is 23.0 Å². The molecule has 10 heteroatoms. The zero-order chi connectivity index (χ0) is 26.1. The molecule has 1 aliphatic carbocycles. The molecule has 0 saturated heterocycles. The Morgan fingerprint density at radius 2 is 1.89 bits per heavy atom. The molecule has 0 spiro atoms. The summed E-state index contributed by atoms with van der Waals surface area (Å²) in [7, 11) is 0. The third-order valence-corrected chi connectivity index (χ3v) is 6.92. The van der Waals surface area contributed by atoms with Gasteiger partial charge in [0.05, 0.1) is 17.2 Å². The second kappa shape index (κ2) is 7.77. The van der Waals surface area contributed by atoms with Crippen LogP contribution in [0.3, 0.4) is 0 Å². The van der Waals surface area contributed by atoms with E-state index in [4.69, 9.17) is 4.74 Å². The Hall–Kier alpha value is -4.47. The summed E-state index contributed by atoms with van der Waals surface area (Å²) in [5.41, 5.74) is -0.754. The number of rotatable bonds is 4. The maximum absolute atomic E-state index is 13.9. The number of ketones is 3. The SMILES string of the molecule is CC(=O)c1c(O)c(C)c(O)c2c1OC1=CC(=O)/C(=C(/C)N[C@@H](C)c3nnc4ccccn34)C(=O)[C@]12C. The molecule has 1 aromatic carbocycles. The molecule has 2 aliphatic rings. The van der Waals surface area contributed by atoms with Crippen molar-refractivity contribution in [2.75, 3.05) is 0 Å². The highest BCUT2D eigenvalue weighted by atomic mass is 16.5. The van der Waals surface area contributed by atoms with E-state index in [2.05, 4.69) is 15.5 Å². The van der Waals surface area contributed by atoms with Crippen LogP contribution >= 0.6 is 0 Å². The van der Waals surface area contributed by atoms with Crippen LogP contribution in [0.5, 0.6) is 17.2 Å². The maximum atomic E-state index is 13.9. The van der Waals surface area contributed by atoms with Gasteiger partial charge >= 0.3 is 0 Å². The van der Waals surface area contributed by atoms with Crippen LogP contribution < -0.4 is 10.1 Å². The Kier molecular flexibility index (Phi) is 5.03. The number of nitrogens with zero attached hydrogens (tertiary/aromatic N) is 3. The van der Waals surface area contributed by atoms with Crippen molar-refractivity contribution in [3.63, 3.8) is 0 Å². The van der Waals surface area contributed by atoms with Gasteiger partial charge in [-0.25, -0.2) is 0 Å². The molecule has 3 N–H and O–H groups in total. The number of fused-ring (bicyclic) bond motifs is 4. The highest BCUT2D eigenvalue weighted by Gasteiger charge is 2.56. The fraction of sp³-hybridized carbons (Fsp3) is 0.269. The summed E-state index contributed by atoms with van der Waals surface area (Å²) in [5, 5.41) is 33.0. The molecule has 0 bridgehead atoms. The van der Waals surface area contributed by atoms with Gasteiger partial charge < -0.3 is 20.3 Å². The van der Waals surface area contributed by atoms with Gasteiger partial charge in [0, 0.05) is 23.5 Å². The molecule has 36 heavy (non-hydrogen) atoms. The third-order valence-electron chi connectivity index (χ3n) is 6.92. The number of carbonyl (C=O) groups is 3. The smallest absolute Gasteiger partial charge is 0.194 e. The highest BCUT2D eigenvalue weighted by molar-refractivity contribution is 6.31. The van der Waals surface area contributed by atoms with Gasteiger partial charge in [0.15, 0.2) is 28.8 Å². The van der Waals surface area contributed by atoms with Crippen molar-refractivity contribution in [3.05, 3.63) is 70.0 Å². The van der Waals surface area contributed by atoms with Crippen LogP contribution in [0.15, 0.2) is 47.5 Å². The Morgan fingerprint density at radius 3 is 2.58 bits per heavy atom. The van der Waals surface area contributed by atoms with E-state index in [0.29, 0.717) is 17.2 Å². The topological polar surface area (TPSA) is 143 Å². The number of aromatic hydroxyl groups is 2. The maximum Gasteiger partial charge on any atom is 0.194 e. The summed E-state index contributed by atoms with van der Waals surface area (Å²) in [6, 6.07) is 5.10. The van der Waals surface area contributed by atoms with Gasteiger partial charge in [-0.1, -0.05) is 6.07 Å². The summed E-state index contributed by atoms with van der Waals surface area (Å²) in [6.07, 6.45) is 3.01. The molecule has 3 aromatic rings. The van der Waals surface area contributed by atoms with Crippen LogP contribution in [0.1, 0.15) is 61.0 Å². The molecular weight excluding hydrogens is 464 g/mol. The Balaban J connectivity index is 1.61. The molecule has 0 unspecified atom stereocenters. The Labute approximate surface area is 205 Å². The van der Waals surface area contributed by atoms with E-state index >= 15 is 0 Å². The predicted octanol–water partition coefficient (Wildman–Crippen LogP) is 2.96. The number of nitrogens with one attached hydrogen (secondary N) is 1. The summed E-state index contributed by atoms with van der Waals surface area (Å²) in [6.45, 7) is 7.67. The van der Waals surface area contributed by atoms with Crippen LogP contribution in [0, 0.1) is 6.92 Å². The van der Waals surface area contributed by atoms with Gasteiger partial charge in [-0.05, 0) is 46.8 Å². The van der Waals surface area contributed by atoms with Gasteiger partial charge in [0.2, 0.25) is 0 Å². The standard InChI is InChI=1S/C26H24N4O6/c1-11-21(33)19(14(4)31)23-20(22(11)34)26(5)16(36-23)10-15(32)18(24(26)35)12(2)27-13(3)25-29-28-17-8-6-7-9-30(17)25/h6-10,13,27,33-34H,1-5H3/b18-12+/t13-,26+/m0/s1. The number of carbonyl (C=O) groups excluding carboxylic acids is 3. The van der Waals surface area contributed by atoms with Gasteiger partial charge in [0.1, 0.15) is 34.0 Å². The summed E-state index contributed by atoms with van der Waals surface area (Å²) < 4.78 is 7.60. The van der Waals surface area contributed by atoms with Crippen molar-refractivity contribution in [1.29, 1.82) is 0 Å². The lowest BCUT2D eigenvalue weighted by molar-refractivity contribution is -0.123. The van der Waals surface area contributed by atoms with Crippen molar-refractivity contribution < 1.29 is 29.3 Å².